The molecule has 0 saturated carbocycles. The molecule has 0 aliphatic carbocycles. The highest BCUT2D eigenvalue weighted by atomic mass is 35.5. The summed E-state index contributed by atoms with van der Waals surface area (Å²) in [4.78, 5) is 4.51. The normalized spacial score (nSPS) is 12.3. The maximum Gasteiger partial charge on any atom is 0.144 e. The number of benzene rings is 1. The molecule has 2 rings (SSSR count). The van der Waals surface area contributed by atoms with E-state index in [-0.39, 0.29) is 16.2 Å². The van der Waals surface area contributed by atoms with Crippen LogP contribution in [0, 0.1) is 11.7 Å². The summed E-state index contributed by atoms with van der Waals surface area (Å²) in [6.07, 6.45) is 3.78. The van der Waals surface area contributed by atoms with Gasteiger partial charge in [0.05, 0.1) is 10.7 Å². The summed E-state index contributed by atoms with van der Waals surface area (Å²) >= 11 is 5.77. The largest absolute Gasteiger partial charge is 0.505 e. The van der Waals surface area contributed by atoms with E-state index in [1.54, 1.807) is 6.07 Å². The fraction of sp³-hybridized carbons (Fsp3) is 0.350. The van der Waals surface area contributed by atoms with Gasteiger partial charge in [-0.25, -0.2) is 9.37 Å². The molecule has 1 heterocycles. The molecule has 0 unspecified atom stereocenters. The molecular formula is C20H23ClFNO. The minimum absolute atomic E-state index is 0.0773. The van der Waals surface area contributed by atoms with Crippen LogP contribution in [0.3, 0.4) is 0 Å². The van der Waals surface area contributed by atoms with E-state index in [9.17, 15) is 9.50 Å². The number of allylic oxidation sites excluding steroid dienone is 1. The number of aromatic nitrogens is 1. The van der Waals surface area contributed by atoms with Gasteiger partial charge >= 0.3 is 0 Å². The lowest BCUT2D eigenvalue weighted by atomic mass is 9.85. The first-order chi connectivity index (χ1) is 11.1. The number of rotatable bonds is 3. The van der Waals surface area contributed by atoms with Crippen LogP contribution >= 0.6 is 11.6 Å². The highest BCUT2D eigenvalue weighted by Crippen LogP contribution is 2.36. The van der Waals surface area contributed by atoms with Crippen molar-refractivity contribution in [2.75, 3.05) is 0 Å². The Labute approximate surface area is 148 Å². The molecule has 0 aliphatic heterocycles. The Morgan fingerprint density at radius 1 is 1.21 bits per heavy atom. The van der Waals surface area contributed by atoms with Crippen LogP contribution in [-0.2, 0) is 5.41 Å². The van der Waals surface area contributed by atoms with Crippen molar-refractivity contribution in [1.29, 1.82) is 0 Å². The maximum absolute atomic E-state index is 13.8. The fourth-order valence-electron chi connectivity index (χ4n) is 2.33. The van der Waals surface area contributed by atoms with E-state index < -0.39 is 5.82 Å². The third kappa shape index (κ3) is 4.15. The van der Waals surface area contributed by atoms with Crippen molar-refractivity contribution in [1.82, 2.24) is 4.98 Å². The predicted octanol–water partition coefficient (Wildman–Crippen LogP) is 6.21. The van der Waals surface area contributed by atoms with Crippen LogP contribution in [0.1, 0.15) is 45.9 Å². The van der Waals surface area contributed by atoms with Crippen molar-refractivity contribution in [3.8, 4) is 17.0 Å². The van der Waals surface area contributed by atoms with E-state index in [0.717, 1.165) is 5.56 Å². The van der Waals surface area contributed by atoms with E-state index >= 15 is 0 Å². The van der Waals surface area contributed by atoms with Crippen molar-refractivity contribution >= 4 is 17.7 Å². The lowest BCUT2D eigenvalue weighted by Crippen LogP contribution is -2.13. The summed E-state index contributed by atoms with van der Waals surface area (Å²) < 4.78 is 13.8. The minimum Gasteiger partial charge on any atom is -0.505 e. The summed E-state index contributed by atoms with van der Waals surface area (Å²) in [7, 11) is 0. The second-order valence-electron chi connectivity index (χ2n) is 7.27. The number of pyridine rings is 1. The molecule has 0 saturated heterocycles. The van der Waals surface area contributed by atoms with Gasteiger partial charge in [0.15, 0.2) is 0 Å². The van der Waals surface area contributed by atoms with Crippen LogP contribution in [-0.4, -0.2) is 10.1 Å². The molecule has 1 N–H and O–H groups in total. The topological polar surface area (TPSA) is 33.1 Å². The Balaban J connectivity index is 2.67. The zero-order chi connectivity index (χ0) is 18.1. The van der Waals surface area contributed by atoms with Gasteiger partial charge < -0.3 is 5.11 Å². The third-order valence-corrected chi connectivity index (χ3v) is 3.99. The summed E-state index contributed by atoms with van der Waals surface area (Å²) in [5, 5.41) is 10.7. The molecule has 1 aromatic heterocycles. The molecule has 128 valence electrons. The van der Waals surface area contributed by atoms with E-state index in [4.69, 9.17) is 11.6 Å². The van der Waals surface area contributed by atoms with Gasteiger partial charge in [-0.15, -0.1) is 0 Å². The molecule has 2 aromatic rings. The molecule has 2 nitrogen and oxygen atoms in total. The highest BCUT2D eigenvalue weighted by Gasteiger charge is 2.22. The van der Waals surface area contributed by atoms with Crippen molar-refractivity contribution in [3.63, 3.8) is 0 Å². The van der Waals surface area contributed by atoms with Crippen molar-refractivity contribution < 1.29 is 9.50 Å². The Morgan fingerprint density at radius 3 is 2.42 bits per heavy atom. The van der Waals surface area contributed by atoms with Gasteiger partial charge in [-0.3, -0.25) is 0 Å². The van der Waals surface area contributed by atoms with Crippen LogP contribution in [0.2, 0.25) is 5.02 Å². The first-order valence-electron chi connectivity index (χ1n) is 7.97. The average molecular weight is 348 g/mol. The van der Waals surface area contributed by atoms with Crippen molar-refractivity contribution in [3.05, 3.63) is 52.4 Å². The van der Waals surface area contributed by atoms with Gasteiger partial charge in [0.2, 0.25) is 0 Å². The predicted molar refractivity (Wildman–Crippen MR) is 98.9 cm³/mol. The Bertz CT molecular complexity index is 776. The summed E-state index contributed by atoms with van der Waals surface area (Å²) in [5.41, 5.74) is 2.22. The van der Waals surface area contributed by atoms with E-state index in [2.05, 4.69) is 18.8 Å². The minimum atomic E-state index is -0.486. The molecule has 24 heavy (non-hydrogen) atoms. The maximum atomic E-state index is 13.8. The van der Waals surface area contributed by atoms with Crippen LogP contribution in [0.4, 0.5) is 4.39 Å². The van der Waals surface area contributed by atoms with E-state index in [0.29, 0.717) is 22.9 Å². The molecule has 0 radical (unpaired) electrons. The second-order valence-corrected chi connectivity index (χ2v) is 7.68. The monoisotopic (exact) mass is 347 g/mol. The highest BCUT2D eigenvalue weighted by molar-refractivity contribution is 6.30. The molecule has 0 amide bonds. The van der Waals surface area contributed by atoms with E-state index in [1.807, 2.05) is 39.0 Å². The average Bonchev–Trinajstić information content (AvgIpc) is 2.47. The second kappa shape index (κ2) is 6.94. The number of hydrogen-bond donors (Lipinski definition) is 1. The fourth-order valence-corrected chi connectivity index (χ4v) is 2.45. The van der Waals surface area contributed by atoms with Crippen molar-refractivity contribution in [2.24, 2.45) is 5.92 Å². The Morgan fingerprint density at radius 2 is 1.88 bits per heavy atom. The summed E-state index contributed by atoms with van der Waals surface area (Å²) in [6.45, 7) is 10.2. The van der Waals surface area contributed by atoms with Crippen molar-refractivity contribution in [2.45, 2.75) is 40.0 Å². The zero-order valence-electron chi connectivity index (χ0n) is 14.7. The number of halogens is 2. The van der Waals surface area contributed by atoms with Crippen LogP contribution in [0.25, 0.3) is 17.3 Å². The molecule has 1 aromatic carbocycles. The van der Waals surface area contributed by atoms with Gasteiger partial charge in [0.1, 0.15) is 17.3 Å². The first-order valence-corrected chi connectivity index (χ1v) is 8.35. The molecule has 0 atom stereocenters. The number of aromatic hydroxyl groups is 1. The smallest absolute Gasteiger partial charge is 0.144 e. The van der Waals surface area contributed by atoms with Crippen LogP contribution in [0.15, 0.2) is 30.3 Å². The van der Waals surface area contributed by atoms with Gasteiger partial charge in [-0.1, -0.05) is 58.4 Å². The summed E-state index contributed by atoms with van der Waals surface area (Å²) in [5.74, 6) is 0.0131. The van der Waals surface area contributed by atoms with Crippen LogP contribution in [0.5, 0.6) is 5.75 Å². The number of nitrogens with zero attached hydrogens (tertiary/aromatic N) is 1. The van der Waals surface area contributed by atoms with E-state index in [1.165, 1.54) is 12.1 Å². The van der Waals surface area contributed by atoms with Gasteiger partial charge in [-0.05, 0) is 35.6 Å². The van der Waals surface area contributed by atoms with Gasteiger partial charge in [-0.2, -0.15) is 0 Å². The molecule has 0 aliphatic rings. The third-order valence-electron chi connectivity index (χ3n) is 3.68. The Hall–Kier alpha value is -1.87. The molecule has 0 fully saturated rings. The standard InChI is InChI=1S/C20H23ClFNO/c1-12(2)6-9-17-19(24)14(20(3,4)5)11-18(23-17)13-7-8-15(21)16(22)10-13/h6-12,24H,1-5H3/b9-6+. The first kappa shape index (κ1) is 18.5. The molecule has 0 bridgehead atoms. The zero-order valence-corrected chi connectivity index (χ0v) is 15.4. The van der Waals surface area contributed by atoms with Gasteiger partial charge in [0, 0.05) is 11.1 Å². The van der Waals surface area contributed by atoms with Gasteiger partial charge in [0.25, 0.3) is 0 Å². The Kier molecular flexibility index (Phi) is 5.34. The lowest BCUT2D eigenvalue weighted by Gasteiger charge is -2.22. The van der Waals surface area contributed by atoms with Crippen LogP contribution < -0.4 is 0 Å². The lowest BCUT2D eigenvalue weighted by molar-refractivity contribution is 0.443. The summed E-state index contributed by atoms with van der Waals surface area (Å²) in [6, 6.07) is 6.42. The SMILES string of the molecule is CC(C)/C=C/c1nc(-c2ccc(Cl)c(F)c2)cc(C(C)(C)C)c1O. The number of hydrogen-bond acceptors (Lipinski definition) is 2. The molecular weight excluding hydrogens is 325 g/mol. The quantitative estimate of drug-likeness (QED) is 0.715. The molecule has 0 spiro atoms. The molecule has 4 heteroatoms.